The number of hydrogen-bond acceptors (Lipinski definition) is 3. The first-order valence-electron chi connectivity index (χ1n) is 28.2. The summed E-state index contributed by atoms with van der Waals surface area (Å²) in [4.78, 5) is 7.29. The Bertz CT molecular complexity index is 3580. The van der Waals surface area contributed by atoms with Gasteiger partial charge in [-0.05, 0) is 200 Å². The second-order valence-corrected chi connectivity index (χ2v) is 25.5. The number of nitrogens with zero attached hydrogens (tertiary/aromatic N) is 3. The fraction of sp³-hybridized carbons (Fsp3) is 0.304. The molecule has 2 aliphatic carbocycles. The highest BCUT2D eigenvalue weighted by atomic mass is 15.2. The molecule has 3 nitrogen and oxygen atoms in total. The molecule has 0 fully saturated rings. The summed E-state index contributed by atoms with van der Waals surface area (Å²) in [6, 6.07) is 60.2. The van der Waals surface area contributed by atoms with Crippen LogP contribution < -0.4 is 31.1 Å². The third-order valence-electron chi connectivity index (χ3n) is 17.4. The summed E-state index contributed by atoms with van der Waals surface area (Å²) < 4.78 is 28.0. The lowest BCUT2D eigenvalue weighted by Crippen LogP contribution is -2.61. The molecular weight excluding hydrogens is 882 g/mol. The van der Waals surface area contributed by atoms with E-state index in [4.69, 9.17) is 0 Å². The second kappa shape index (κ2) is 16.4. The molecular formula is C69H72BN3. The zero-order valence-corrected chi connectivity index (χ0v) is 45.1. The third kappa shape index (κ3) is 7.52. The predicted octanol–water partition coefficient (Wildman–Crippen LogP) is 17.1. The van der Waals surface area contributed by atoms with Gasteiger partial charge in [-0.3, -0.25) is 0 Å². The fourth-order valence-electron chi connectivity index (χ4n) is 13.7. The Kier molecular flexibility index (Phi) is 9.81. The van der Waals surface area contributed by atoms with E-state index >= 15 is 0 Å². The molecule has 8 aromatic rings. The maximum absolute atomic E-state index is 9.32. The predicted molar refractivity (Wildman–Crippen MR) is 315 cm³/mol. The molecule has 4 heteroatoms. The van der Waals surface area contributed by atoms with Crippen molar-refractivity contribution in [2.45, 2.75) is 136 Å². The Morgan fingerprint density at radius 3 is 1.58 bits per heavy atom. The van der Waals surface area contributed by atoms with Crippen LogP contribution in [0.5, 0.6) is 0 Å². The highest BCUT2D eigenvalue weighted by Gasteiger charge is 2.49. The quantitative estimate of drug-likeness (QED) is 0.154. The molecule has 0 radical (unpaired) electrons. The van der Waals surface area contributed by atoms with Crippen molar-refractivity contribution in [1.82, 2.24) is 0 Å². The minimum atomic E-state index is -2.41. The van der Waals surface area contributed by atoms with Crippen molar-refractivity contribution in [3.05, 3.63) is 203 Å². The van der Waals surface area contributed by atoms with Gasteiger partial charge in [0.2, 0.25) is 0 Å². The molecule has 8 aromatic carbocycles. The van der Waals surface area contributed by atoms with Crippen LogP contribution in [0.15, 0.2) is 164 Å². The van der Waals surface area contributed by atoms with E-state index < -0.39 is 6.85 Å². The summed E-state index contributed by atoms with van der Waals surface area (Å²) in [5.41, 5.74) is 23.0. The first-order valence-corrected chi connectivity index (χ1v) is 26.7. The minimum absolute atomic E-state index is 0.0180. The van der Waals surface area contributed by atoms with E-state index in [0.29, 0.717) is 5.56 Å². The van der Waals surface area contributed by atoms with E-state index in [-0.39, 0.29) is 33.8 Å². The Balaban J connectivity index is 1.24. The molecule has 0 bridgehead atoms. The van der Waals surface area contributed by atoms with Gasteiger partial charge in [-0.2, -0.15) is 0 Å². The van der Waals surface area contributed by atoms with Crippen molar-refractivity contribution >= 4 is 74.3 Å². The molecule has 2 heterocycles. The average molecular weight is 957 g/mol. The van der Waals surface area contributed by atoms with Gasteiger partial charge in [0.1, 0.15) is 0 Å². The smallest absolute Gasteiger partial charge is 0.252 e. The first-order chi connectivity index (χ1) is 35.8. The third-order valence-corrected chi connectivity index (χ3v) is 17.4. The van der Waals surface area contributed by atoms with Crippen LogP contribution in [0.1, 0.15) is 138 Å². The van der Waals surface area contributed by atoms with Crippen LogP contribution in [0, 0.1) is 13.8 Å². The number of anilines is 9. The first kappa shape index (κ1) is 43.8. The Morgan fingerprint density at radius 2 is 0.986 bits per heavy atom. The van der Waals surface area contributed by atoms with Gasteiger partial charge in [-0.25, -0.2) is 0 Å². The SMILES string of the molecule is [2H]C([2H])([2H])c1cc2c3c(c1)N(c1ccc(C(C)(C)C)cc1-c1ccccc1)c1ccc(N(c4ccccc4)c4ccccc4)cc1B3c1cc3c(cc1N2c1cc2c(cc1C)C(C)(C)CCC2(C)C)C(C)(C)CC3(C)C. The monoisotopic (exact) mass is 957 g/mol. The number of hydrogen-bond donors (Lipinski definition) is 0. The van der Waals surface area contributed by atoms with Gasteiger partial charge < -0.3 is 14.7 Å². The number of rotatable bonds is 6. The van der Waals surface area contributed by atoms with Crippen molar-refractivity contribution in [3.8, 4) is 11.1 Å². The van der Waals surface area contributed by atoms with Gasteiger partial charge in [0.15, 0.2) is 0 Å². The lowest BCUT2D eigenvalue weighted by atomic mass is 9.33. The maximum atomic E-state index is 9.32. The van der Waals surface area contributed by atoms with E-state index in [2.05, 4.69) is 249 Å². The van der Waals surface area contributed by atoms with Gasteiger partial charge in [0.05, 0.1) is 5.69 Å². The molecule has 0 N–H and O–H groups in total. The molecule has 0 aromatic heterocycles. The number of para-hydroxylation sites is 2. The second-order valence-electron chi connectivity index (χ2n) is 25.5. The van der Waals surface area contributed by atoms with Crippen molar-refractivity contribution in [2.24, 2.45) is 0 Å². The summed E-state index contributed by atoms with van der Waals surface area (Å²) in [6.45, 7) is 25.7. The van der Waals surface area contributed by atoms with E-state index in [1.807, 2.05) is 12.1 Å². The Hall–Kier alpha value is -6.78. The zero-order chi connectivity index (χ0) is 53.6. The molecule has 4 aliphatic rings. The molecule has 73 heavy (non-hydrogen) atoms. The molecule has 12 rings (SSSR count). The maximum Gasteiger partial charge on any atom is 0.252 e. The van der Waals surface area contributed by atoms with Crippen molar-refractivity contribution in [2.75, 3.05) is 14.7 Å². The van der Waals surface area contributed by atoms with Crippen LogP contribution in [0.4, 0.5) is 51.2 Å². The van der Waals surface area contributed by atoms with Crippen LogP contribution in [0.2, 0.25) is 0 Å². The summed E-state index contributed by atoms with van der Waals surface area (Å²) >= 11 is 0. The number of benzene rings is 8. The summed E-state index contributed by atoms with van der Waals surface area (Å²) in [6.07, 6.45) is 3.23. The minimum Gasteiger partial charge on any atom is -0.311 e. The van der Waals surface area contributed by atoms with Gasteiger partial charge in [-0.15, -0.1) is 0 Å². The lowest BCUT2D eigenvalue weighted by Gasteiger charge is -2.47. The Morgan fingerprint density at radius 1 is 0.479 bits per heavy atom. The normalized spacial score (nSPS) is 18.1. The molecule has 2 aliphatic heterocycles. The van der Waals surface area contributed by atoms with Crippen molar-refractivity contribution < 1.29 is 4.11 Å². The average Bonchev–Trinajstić information content (AvgIpc) is 3.61. The van der Waals surface area contributed by atoms with Crippen molar-refractivity contribution in [3.63, 3.8) is 0 Å². The Labute approximate surface area is 441 Å². The highest BCUT2D eigenvalue weighted by Crippen LogP contribution is 2.55. The van der Waals surface area contributed by atoms with E-state index in [9.17, 15) is 4.11 Å². The van der Waals surface area contributed by atoms with E-state index in [0.717, 1.165) is 87.0 Å². The molecule has 0 unspecified atom stereocenters. The van der Waals surface area contributed by atoms with E-state index in [1.54, 1.807) is 0 Å². The largest absolute Gasteiger partial charge is 0.311 e. The topological polar surface area (TPSA) is 9.72 Å². The fourth-order valence-corrected chi connectivity index (χ4v) is 13.7. The van der Waals surface area contributed by atoms with Crippen LogP contribution in [-0.2, 0) is 27.1 Å². The molecule has 0 spiro atoms. The van der Waals surface area contributed by atoms with Crippen LogP contribution in [0.25, 0.3) is 11.1 Å². The highest BCUT2D eigenvalue weighted by molar-refractivity contribution is 7.00. The van der Waals surface area contributed by atoms with Gasteiger partial charge in [0.25, 0.3) is 6.71 Å². The number of fused-ring (bicyclic) bond motifs is 6. The van der Waals surface area contributed by atoms with Crippen LogP contribution in [-0.4, -0.2) is 6.71 Å². The van der Waals surface area contributed by atoms with Gasteiger partial charge in [0, 0.05) is 55.2 Å². The van der Waals surface area contributed by atoms with Crippen LogP contribution >= 0.6 is 0 Å². The molecule has 366 valence electrons. The summed E-state index contributed by atoms with van der Waals surface area (Å²) in [5.74, 6) is 0. The number of aryl methyl sites for hydroxylation is 2. The standard InChI is InChI=1S/C69H72BN3/c1-44-35-62-64-63(36-44)73(60-41-54-52(37-45(60)2)66(6,7)33-34-67(54,8)9)61-42-55-53(68(10,11)43-69(55,12)13)40-57(61)70(64)56-39-50(71(48-25-19-15-20-26-48)49-27-21-16-22-28-49)30-32-59(56)72(62)58-31-29-47(65(3,4)5)38-51(58)46-23-17-14-18-24-46/h14-32,35-42H,33-34,43H2,1-13H3/i1D3. The summed E-state index contributed by atoms with van der Waals surface area (Å²) in [5, 5.41) is 0. The van der Waals surface area contributed by atoms with Gasteiger partial charge >= 0.3 is 0 Å². The van der Waals surface area contributed by atoms with Gasteiger partial charge in [-0.1, -0.05) is 161 Å². The van der Waals surface area contributed by atoms with E-state index in [1.165, 1.54) is 44.3 Å². The summed E-state index contributed by atoms with van der Waals surface area (Å²) in [7, 11) is 0. The van der Waals surface area contributed by atoms with Crippen LogP contribution in [0.3, 0.4) is 0 Å². The molecule has 0 saturated carbocycles. The zero-order valence-electron chi connectivity index (χ0n) is 48.1. The molecule has 0 saturated heterocycles. The van der Waals surface area contributed by atoms with Crippen molar-refractivity contribution in [1.29, 1.82) is 0 Å². The molecule has 0 amide bonds. The lowest BCUT2D eigenvalue weighted by molar-refractivity contribution is 0.332. The molecule has 0 atom stereocenters.